The number of anilines is 1. The average molecular weight is 393 g/mol. The van der Waals surface area contributed by atoms with Crippen molar-refractivity contribution in [2.24, 2.45) is 0 Å². The predicted molar refractivity (Wildman–Crippen MR) is 102 cm³/mol. The maximum absolute atomic E-state index is 12.2. The molecule has 0 aliphatic heterocycles. The fourth-order valence-electron chi connectivity index (χ4n) is 2.69. The van der Waals surface area contributed by atoms with Gasteiger partial charge in [-0.3, -0.25) is 4.68 Å². The molecule has 1 unspecified atom stereocenters. The molecule has 0 fully saturated rings. The summed E-state index contributed by atoms with van der Waals surface area (Å²) in [4.78, 5) is 12.2. The van der Waals surface area contributed by atoms with Crippen LogP contribution in [0.5, 0.6) is 0 Å². The highest BCUT2D eigenvalue weighted by Gasteiger charge is 2.20. The van der Waals surface area contributed by atoms with Gasteiger partial charge in [0.25, 0.3) is 0 Å². The van der Waals surface area contributed by atoms with E-state index in [2.05, 4.69) is 15.7 Å². The number of aryl methyl sites for hydroxylation is 2. The second-order valence-corrected chi connectivity index (χ2v) is 6.68. The molecule has 2 N–H and O–H groups in total. The molecule has 0 radical (unpaired) electrons. The van der Waals surface area contributed by atoms with E-state index in [0.29, 0.717) is 28.0 Å². The first-order valence-electron chi connectivity index (χ1n) is 8.00. The van der Waals surface area contributed by atoms with Gasteiger partial charge in [0.05, 0.1) is 22.0 Å². The minimum atomic E-state index is -0.360. The molecule has 3 aromatic rings. The first-order valence-corrected chi connectivity index (χ1v) is 8.75. The first-order chi connectivity index (χ1) is 12.4. The Hall–Kier alpha value is -2.44. The number of aromatic nitrogens is 2. The fraction of sp³-hybridized carbons (Fsp3) is 0.222. The molecule has 0 aliphatic carbocycles. The minimum absolute atomic E-state index is 0.252. The van der Waals surface area contributed by atoms with Crippen LogP contribution in [0, 0.1) is 13.8 Å². The zero-order chi connectivity index (χ0) is 18.7. The summed E-state index contributed by atoms with van der Waals surface area (Å²) in [5, 5.41) is 10.9. The third-order valence-corrected chi connectivity index (χ3v) is 4.58. The molecule has 2 heterocycles. The Balaban J connectivity index is 1.70. The van der Waals surface area contributed by atoms with Crippen LogP contribution in [0.15, 0.2) is 47.1 Å². The van der Waals surface area contributed by atoms with Crippen molar-refractivity contribution in [2.45, 2.75) is 19.9 Å². The maximum Gasteiger partial charge on any atom is 0.319 e. The Morgan fingerprint density at radius 1 is 1.23 bits per heavy atom. The molecule has 3 rings (SSSR count). The molecular formula is C18H18Cl2N4O2. The van der Waals surface area contributed by atoms with Crippen LogP contribution in [0.1, 0.15) is 23.2 Å². The van der Waals surface area contributed by atoms with Crippen molar-refractivity contribution in [2.75, 3.05) is 11.9 Å². The van der Waals surface area contributed by atoms with Crippen LogP contribution in [0.3, 0.4) is 0 Å². The summed E-state index contributed by atoms with van der Waals surface area (Å²) in [6.45, 7) is 4.20. The van der Waals surface area contributed by atoms with E-state index in [-0.39, 0.29) is 12.1 Å². The maximum atomic E-state index is 12.2. The van der Waals surface area contributed by atoms with Crippen LogP contribution in [0.4, 0.5) is 10.5 Å². The number of benzene rings is 1. The lowest BCUT2D eigenvalue weighted by molar-refractivity contribution is 0.249. The molecule has 2 amide bonds. The molecule has 0 aliphatic rings. The van der Waals surface area contributed by atoms with E-state index < -0.39 is 0 Å². The number of rotatable bonds is 5. The van der Waals surface area contributed by atoms with Gasteiger partial charge in [-0.15, -0.1) is 0 Å². The summed E-state index contributed by atoms with van der Waals surface area (Å²) < 4.78 is 7.37. The number of urea groups is 1. The monoisotopic (exact) mass is 392 g/mol. The number of nitrogens with one attached hydrogen (secondary N) is 2. The Labute approximate surface area is 161 Å². The van der Waals surface area contributed by atoms with E-state index in [9.17, 15) is 4.79 Å². The Bertz CT molecular complexity index is 906. The lowest BCUT2D eigenvalue weighted by atomic mass is 10.2. The summed E-state index contributed by atoms with van der Waals surface area (Å²) in [5.74, 6) is 0.714. The fourth-order valence-corrected chi connectivity index (χ4v) is 2.99. The van der Waals surface area contributed by atoms with Gasteiger partial charge in [0, 0.05) is 17.9 Å². The normalized spacial score (nSPS) is 12.0. The number of nitrogens with zero attached hydrogens (tertiary/aromatic N) is 2. The van der Waals surface area contributed by atoms with E-state index in [1.54, 1.807) is 24.5 Å². The van der Waals surface area contributed by atoms with Crippen LogP contribution in [-0.2, 0) is 0 Å². The smallest absolute Gasteiger partial charge is 0.319 e. The van der Waals surface area contributed by atoms with Crippen molar-refractivity contribution < 1.29 is 9.21 Å². The highest BCUT2D eigenvalue weighted by Crippen LogP contribution is 2.25. The minimum Gasteiger partial charge on any atom is -0.467 e. The molecule has 0 saturated heterocycles. The number of hydrogen-bond acceptors (Lipinski definition) is 3. The van der Waals surface area contributed by atoms with E-state index in [0.717, 1.165) is 11.4 Å². The standard InChI is InChI=1S/C18H18Cl2N4O2/c1-11-8-12(2)24(23-11)16(17-4-3-7-26-17)10-21-18(25)22-13-5-6-14(19)15(20)9-13/h3-9,16H,10H2,1-2H3,(H2,21,22,25). The Morgan fingerprint density at radius 2 is 2.04 bits per heavy atom. The van der Waals surface area contributed by atoms with Crippen LogP contribution in [-0.4, -0.2) is 22.4 Å². The lowest BCUT2D eigenvalue weighted by Crippen LogP contribution is -2.35. The first kappa shape index (κ1) is 18.4. The highest BCUT2D eigenvalue weighted by atomic mass is 35.5. The van der Waals surface area contributed by atoms with Gasteiger partial charge in [0.15, 0.2) is 0 Å². The van der Waals surface area contributed by atoms with E-state index >= 15 is 0 Å². The molecule has 1 atom stereocenters. The second-order valence-electron chi connectivity index (χ2n) is 5.87. The Morgan fingerprint density at radius 3 is 2.65 bits per heavy atom. The van der Waals surface area contributed by atoms with Gasteiger partial charge >= 0.3 is 6.03 Å². The third-order valence-electron chi connectivity index (χ3n) is 3.84. The van der Waals surface area contributed by atoms with Crippen molar-refractivity contribution in [3.8, 4) is 0 Å². The molecule has 8 heteroatoms. The van der Waals surface area contributed by atoms with Gasteiger partial charge < -0.3 is 15.1 Å². The second kappa shape index (κ2) is 7.85. The Kier molecular flexibility index (Phi) is 5.54. The summed E-state index contributed by atoms with van der Waals surface area (Å²) in [7, 11) is 0. The van der Waals surface area contributed by atoms with E-state index in [4.69, 9.17) is 27.6 Å². The third kappa shape index (κ3) is 4.20. The average Bonchev–Trinajstić information content (AvgIpc) is 3.22. The number of carbonyl (C=O) groups excluding carboxylic acids is 1. The van der Waals surface area contributed by atoms with Gasteiger partial charge in [-0.25, -0.2) is 4.79 Å². The van der Waals surface area contributed by atoms with Crippen molar-refractivity contribution in [3.05, 3.63) is 69.9 Å². The van der Waals surface area contributed by atoms with Gasteiger partial charge in [-0.05, 0) is 50.2 Å². The predicted octanol–water partition coefficient (Wildman–Crippen LogP) is 4.81. The topological polar surface area (TPSA) is 72.1 Å². The molecule has 2 aromatic heterocycles. The van der Waals surface area contributed by atoms with E-state index in [1.165, 1.54) is 0 Å². The SMILES string of the molecule is Cc1cc(C)n(C(CNC(=O)Nc2ccc(Cl)c(Cl)c2)c2ccco2)n1. The van der Waals surface area contributed by atoms with Crippen molar-refractivity contribution >= 4 is 34.9 Å². The molecule has 136 valence electrons. The molecule has 6 nitrogen and oxygen atoms in total. The van der Waals surface area contributed by atoms with Gasteiger partial charge in [-0.2, -0.15) is 5.10 Å². The number of amides is 2. The van der Waals surface area contributed by atoms with Gasteiger partial charge in [-0.1, -0.05) is 23.2 Å². The summed E-state index contributed by atoms with van der Waals surface area (Å²) in [6, 6.07) is 9.93. The van der Waals surface area contributed by atoms with Crippen molar-refractivity contribution in [1.82, 2.24) is 15.1 Å². The molecule has 0 saturated carbocycles. The molecule has 1 aromatic carbocycles. The highest BCUT2D eigenvalue weighted by molar-refractivity contribution is 6.42. The largest absolute Gasteiger partial charge is 0.467 e. The summed E-state index contributed by atoms with van der Waals surface area (Å²) in [6.07, 6.45) is 1.60. The summed E-state index contributed by atoms with van der Waals surface area (Å²) in [5.41, 5.74) is 2.44. The van der Waals surface area contributed by atoms with Crippen molar-refractivity contribution in [3.63, 3.8) is 0 Å². The zero-order valence-corrected chi connectivity index (χ0v) is 15.8. The van der Waals surface area contributed by atoms with Crippen LogP contribution < -0.4 is 10.6 Å². The van der Waals surface area contributed by atoms with Crippen LogP contribution >= 0.6 is 23.2 Å². The molecule has 26 heavy (non-hydrogen) atoms. The van der Waals surface area contributed by atoms with Gasteiger partial charge in [0.1, 0.15) is 11.8 Å². The van der Waals surface area contributed by atoms with Crippen LogP contribution in [0.25, 0.3) is 0 Å². The summed E-state index contributed by atoms with van der Waals surface area (Å²) >= 11 is 11.8. The number of hydrogen-bond donors (Lipinski definition) is 2. The number of halogens is 2. The quantitative estimate of drug-likeness (QED) is 0.654. The molecule has 0 bridgehead atoms. The number of furan rings is 1. The van der Waals surface area contributed by atoms with Gasteiger partial charge in [0.2, 0.25) is 0 Å². The number of carbonyl (C=O) groups is 1. The molecule has 0 spiro atoms. The molecular weight excluding hydrogens is 375 g/mol. The van der Waals surface area contributed by atoms with E-state index in [1.807, 2.05) is 36.7 Å². The lowest BCUT2D eigenvalue weighted by Gasteiger charge is -2.18. The zero-order valence-electron chi connectivity index (χ0n) is 14.3. The van der Waals surface area contributed by atoms with Crippen molar-refractivity contribution in [1.29, 1.82) is 0 Å². The van der Waals surface area contributed by atoms with Crippen LogP contribution in [0.2, 0.25) is 10.0 Å².